The minimum Gasteiger partial charge on any atom is -0.506 e. The Hall–Kier alpha value is -3.54. The molecule has 28 heavy (non-hydrogen) atoms. The summed E-state index contributed by atoms with van der Waals surface area (Å²) in [5.41, 5.74) is 0.806. The number of nitrogens with one attached hydrogen (secondary N) is 1. The third-order valence-electron chi connectivity index (χ3n) is 4.03. The maximum atomic E-state index is 12.7. The van der Waals surface area contributed by atoms with Crippen LogP contribution in [0.25, 0.3) is 5.70 Å². The number of carbonyl (C=O) groups is 1. The first-order valence-electron chi connectivity index (χ1n) is 8.38. The van der Waals surface area contributed by atoms with E-state index in [4.69, 9.17) is 0 Å². The number of phenolic OH excluding ortho intramolecular Hbond substituents is 1. The van der Waals surface area contributed by atoms with Gasteiger partial charge < -0.3 is 10.4 Å². The van der Waals surface area contributed by atoms with Crippen LogP contribution in [0.5, 0.6) is 5.75 Å². The first-order valence-corrected chi connectivity index (χ1v) is 8.38. The van der Waals surface area contributed by atoms with Gasteiger partial charge in [-0.15, -0.1) is 0 Å². The molecule has 0 bridgehead atoms. The summed E-state index contributed by atoms with van der Waals surface area (Å²) in [4.78, 5) is 12.6. The Bertz CT molecular complexity index is 994. The highest BCUT2D eigenvalue weighted by atomic mass is 19.4. The molecule has 3 rings (SSSR count). The first-order chi connectivity index (χ1) is 13.3. The lowest BCUT2D eigenvalue weighted by Gasteiger charge is -2.13. The van der Waals surface area contributed by atoms with E-state index in [1.807, 2.05) is 6.07 Å². The zero-order chi connectivity index (χ0) is 20.1. The van der Waals surface area contributed by atoms with Gasteiger partial charge in [-0.05, 0) is 29.8 Å². The number of para-hydroxylation sites is 2. The lowest BCUT2D eigenvalue weighted by atomic mass is 10.0. The molecule has 0 amide bonds. The second-order valence-electron chi connectivity index (χ2n) is 6.01. The Balaban J connectivity index is 1.94. The molecule has 0 aliphatic heterocycles. The number of hydrogen-bond acceptors (Lipinski definition) is 3. The van der Waals surface area contributed by atoms with Gasteiger partial charge in [0.05, 0.1) is 11.3 Å². The fourth-order valence-electron chi connectivity index (χ4n) is 2.57. The van der Waals surface area contributed by atoms with Crippen LogP contribution in [0.1, 0.15) is 21.5 Å². The molecule has 0 saturated heterocycles. The summed E-state index contributed by atoms with van der Waals surface area (Å²) in [6.45, 7) is 0. The molecule has 0 fully saturated rings. The van der Waals surface area contributed by atoms with Crippen molar-refractivity contribution in [3.05, 3.63) is 102 Å². The van der Waals surface area contributed by atoms with Gasteiger partial charge in [-0.25, -0.2) is 0 Å². The van der Waals surface area contributed by atoms with Crippen molar-refractivity contribution in [1.29, 1.82) is 0 Å². The van der Waals surface area contributed by atoms with Crippen molar-refractivity contribution in [2.45, 2.75) is 6.18 Å². The van der Waals surface area contributed by atoms with Gasteiger partial charge in [0.1, 0.15) is 5.75 Å². The number of rotatable bonds is 5. The molecule has 3 aromatic carbocycles. The van der Waals surface area contributed by atoms with E-state index in [-0.39, 0.29) is 11.3 Å². The maximum absolute atomic E-state index is 12.7. The smallest absolute Gasteiger partial charge is 0.416 e. The van der Waals surface area contributed by atoms with E-state index >= 15 is 0 Å². The summed E-state index contributed by atoms with van der Waals surface area (Å²) >= 11 is 0. The molecule has 0 unspecified atom stereocenters. The molecule has 0 aliphatic carbocycles. The molecule has 142 valence electrons. The zero-order valence-electron chi connectivity index (χ0n) is 14.6. The van der Waals surface area contributed by atoms with Crippen molar-refractivity contribution in [3.63, 3.8) is 0 Å². The van der Waals surface area contributed by atoms with E-state index in [0.717, 1.165) is 24.3 Å². The first kappa shape index (κ1) is 19.2. The van der Waals surface area contributed by atoms with Crippen molar-refractivity contribution >= 4 is 17.2 Å². The molecule has 3 aromatic rings. The number of anilines is 1. The Morgan fingerprint density at radius 2 is 1.43 bits per heavy atom. The number of hydrogen-bond donors (Lipinski definition) is 2. The molecular formula is C22H16F3NO2. The Labute approximate surface area is 159 Å². The number of allylic oxidation sites excluding steroid dienone is 1. The predicted octanol–water partition coefficient (Wildman–Crippen LogP) is 5.75. The van der Waals surface area contributed by atoms with E-state index in [1.54, 1.807) is 42.5 Å². The van der Waals surface area contributed by atoms with E-state index in [0.29, 0.717) is 16.9 Å². The summed E-state index contributed by atoms with van der Waals surface area (Å²) in [6, 6.07) is 19.5. The lowest BCUT2D eigenvalue weighted by molar-refractivity contribution is -0.137. The van der Waals surface area contributed by atoms with Crippen LogP contribution in [0, 0.1) is 0 Å². The highest BCUT2D eigenvalue weighted by Crippen LogP contribution is 2.30. The highest BCUT2D eigenvalue weighted by molar-refractivity contribution is 6.09. The van der Waals surface area contributed by atoms with Crippen molar-refractivity contribution in [3.8, 4) is 5.75 Å². The normalized spacial score (nSPS) is 11.9. The standard InChI is InChI=1S/C22H16F3NO2/c23-22(24,25)17-12-10-16(11-13-17)21(28)14-19(15-6-2-1-3-7-15)26-18-8-4-5-9-20(18)27/h1-14,26-27H/b19-14-. The molecule has 2 N–H and O–H groups in total. The Kier molecular flexibility index (Phi) is 5.49. The Morgan fingerprint density at radius 3 is 2.04 bits per heavy atom. The largest absolute Gasteiger partial charge is 0.506 e. The van der Waals surface area contributed by atoms with Gasteiger partial charge in [0.15, 0.2) is 5.78 Å². The van der Waals surface area contributed by atoms with Crippen LogP contribution in [0.15, 0.2) is 84.9 Å². The van der Waals surface area contributed by atoms with Crippen LogP contribution in [0.3, 0.4) is 0 Å². The maximum Gasteiger partial charge on any atom is 0.416 e. The third-order valence-corrected chi connectivity index (χ3v) is 4.03. The lowest BCUT2D eigenvalue weighted by Crippen LogP contribution is -2.06. The summed E-state index contributed by atoms with van der Waals surface area (Å²) in [5.74, 6) is -0.457. The van der Waals surface area contributed by atoms with Crippen LogP contribution >= 0.6 is 0 Å². The molecule has 0 aliphatic rings. The SMILES string of the molecule is O=C(/C=C(\Nc1ccccc1O)c1ccccc1)c1ccc(C(F)(F)F)cc1. The highest BCUT2D eigenvalue weighted by Gasteiger charge is 2.30. The van der Waals surface area contributed by atoms with E-state index in [1.165, 1.54) is 12.1 Å². The topological polar surface area (TPSA) is 49.3 Å². The van der Waals surface area contributed by atoms with E-state index < -0.39 is 17.5 Å². The third kappa shape index (κ3) is 4.59. The van der Waals surface area contributed by atoms with Crippen molar-refractivity contribution in [2.75, 3.05) is 5.32 Å². The van der Waals surface area contributed by atoms with Gasteiger partial charge in [-0.3, -0.25) is 4.79 Å². The molecular weight excluding hydrogens is 367 g/mol. The summed E-state index contributed by atoms with van der Waals surface area (Å²) in [5, 5.41) is 13.0. The van der Waals surface area contributed by atoms with Crippen molar-refractivity contribution < 1.29 is 23.1 Å². The fraction of sp³-hybridized carbons (Fsp3) is 0.0455. The van der Waals surface area contributed by atoms with Crippen molar-refractivity contribution in [2.24, 2.45) is 0 Å². The van der Waals surface area contributed by atoms with Crippen molar-refractivity contribution in [1.82, 2.24) is 0 Å². The number of benzene rings is 3. The number of ketones is 1. The van der Waals surface area contributed by atoms with Crippen LogP contribution in [0.4, 0.5) is 18.9 Å². The van der Waals surface area contributed by atoms with Crippen LogP contribution in [-0.4, -0.2) is 10.9 Å². The predicted molar refractivity (Wildman–Crippen MR) is 102 cm³/mol. The molecule has 0 aromatic heterocycles. The molecule has 0 saturated carbocycles. The number of phenols is 1. The quantitative estimate of drug-likeness (QED) is 0.335. The Morgan fingerprint density at radius 1 is 0.821 bits per heavy atom. The van der Waals surface area contributed by atoms with Gasteiger partial charge in [-0.1, -0.05) is 54.6 Å². The summed E-state index contributed by atoms with van der Waals surface area (Å²) in [6.07, 6.45) is -3.16. The summed E-state index contributed by atoms with van der Waals surface area (Å²) < 4.78 is 38.1. The van der Waals surface area contributed by atoms with Gasteiger partial charge in [0, 0.05) is 17.3 Å². The molecule has 0 atom stereocenters. The number of carbonyl (C=O) groups excluding carboxylic acids is 1. The second kappa shape index (κ2) is 8.00. The number of halogens is 3. The van der Waals surface area contributed by atoms with Crippen LogP contribution in [-0.2, 0) is 6.18 Å². The van der Waals surface area contributed by atoms with E-state index in [2.05, 4.69) is 5.32 Å². The van der Waals surface area contributed by atoms with Gasteiger partial charge >= 0.3 is 6.18 Å². The zero-order valence-corrected chi connectivity index (χ0v) is 14.6. The average Bonchev–Trinajstić information content (AvgIpc) is 2.69. The molecule has 3 nitrogen and oxygen atoms in total. The van der Waals surface area contributed by atoms with Gasteiger partial charge in [-0.2, -0.15) is 13.2 Å². The molecule has 6 heteroatoms. The minimum absolute atomic E-state index is 0.00584. The monoisotopic (exact) mass is 383 g/mol. The fourth-order valence-corrected chi connectivity index (χ4v) is 2.57. The van der Waals surface area contributed by atoms with E-state index in [9.17, 15) is 23.1 Å². The van der Waals surface area contributed by atoms with Gasteiger partial charge in [0.2, 0.25) is 0 Å². The molecule has 0 heterocycles. The number of aromatic hydroxyl groups is 1. The minimum atomic E-state index is -4.46. The summed E-state index contributed by atoms with van der Waals surface area (Å²) in [7, 11) is 0. The molecule has 0 radical (unpaired) electrons. The number of alkyl halides is 3. The second-order valence-corrected chi connectivity index (χ2v) is 6.01. The van der Waals surface area contributed by atoms with Gasteiger partial charge in [0.25, 0.3) is 0 Å². The van der Waals surface area contributed by atoms with Crippen LogP contribution < -0.4 is 5.32 Å². The van der Waals surface area contributed by atoms with Crippen LogP contribution in [0.2, 0.25) is 0 Å². The average molecular weight is 383 g/mol. The molecule has 0 spiro atoms.